The molecule has 2 fully saturated rings. The van der Waals surface area contributed by atoms with Gasteiger partial charge in [0.05, 0.1) is 0 Å². The third kappa shape index (κ3) is 2.49. The SMILES string of the molecule is C=C1OC(=O)OC1CC1CCC(F)CC1. The molecule has 2 aliphatic rings. The molecule has 0 radical (unpaired) electrons. The van der Waals surface area contributed by atoms with Gasteiger partial charge in [-0.2, -0.15) is 0 Å². The molecule has 1 aliphatic carbocycles. The summed E-state index contributed by atoms with van der Waals surface area (Å²) in [5.74, 6) is 0.815. The lowest BCUT2D eigenvalue weighted by atomic mass is 9.84. The van der Waals surface area contributed by atoms with Gasteiger partial charge in [0, 0.05) is 0 Å². The Bertz CT molecular complexity index is 269. The van der Waals surface area contributed by atoms with Crippen molar-refractivity contribution in [3.63, 3.8) is 0 Å². The zero-order valence-corrected chi connectivity index (χ0v) is 8.58. The van der Waals surface area contributed by atoms with Crippen molar-refractivity contribution in [2.75, 3.05) is 0 Å². The van der Waals surface area contributed by atoms with Gasteiger partial charge in [-0.15, -0.1) is 0 Å². The lowest BCUT2D eigenvalue weighted by molar-refractivity contribution is 0.103. The fourth-order valence-corrected chi connectivity index (χ4v) is 2.22. The maximum atomic E-state index is 12.9. The molecule has 1 saturated heterocycles. The number of ether oxygens (including phenoxy) is 2. The van der Waals surface area contributed by atoms with Gasteiger partial charge in [-0.3, -0.25) is 0 Å². The summed E-state index contributed by atoms with van der Waals surface area (Å²) in [6, 6.07) is 0. The van der Waals surface area contributed by atoms with Gasteiger partial charge in [0.2, 0.25) is 0 Å². The van der Waals surface area contributed by atoms with Crippen LogP contribution in [0.1, 0.15) is 32.1 Å². The molecule has 1 aliphatic heterocycles. The summed E-state index contributed by atoms with van der Waals surface area (Å²) < 4.78 is 22.5. The Labute approximate surface area is 88.2 Å². The lowest BCUT2D eigenvalue weighted by Gasteiger charge is -2.25. The van der Waals surface area contributed by atoms with Crippen LogP contribution in [0, 0.1) is 5.92 Å². The molecular weight excluding hydrogens is 199 g/mol. The fraction of sp³-hybridized carbons (Fsp3) is 0.727. The largest absolute Gasteiger partial charge is 0.514 e. The third-order valence-electron chi connectivity index (χ3n) is 3.14. The number of carbonyl (C=O) groups excluding carboxylic acids is 1. The first kappa shape index (κ1) is 10.5. The van der Waals surface area contributed by atoms with Crippen LogP contribution in [0.25, 0.3) is 0 Å². The van der Waals surface area contributed by atoms with Crippen LogP contribution >= 0.6 is 0 Å². The molecule has 0 aromatic rings. The second kappa shape index (κ2) is 4.21. The number of cyclic esters (lactones) is 2. The number of rotatable bonds is 2. The summed E-state index contributed by atoms with van der Waals surface area (Å²) in [6.07, 6.45) is 2.06. The van der Waals surface area contributed by atoms with Gasteiger partial charge in [0.25, 0.3) is 0 Å². The molecule has 1 heterocycles. The standard InChI is InChI=1S/C11H15FO3/c1-7-10(15-11(13)14-7)6-8-2-4-9(12)5-3-8/h8-10H,1-6H2. The summed E-state index contributed by atoms with van der Waals surface area (Å²) in [4.78, 5) is 10.8. The van der Waals surface area contributed by atoms with Gasteiger partial charge in [-0.05, 0) is 38.0 Å². The topological polar surface area (TPSA) is 35.5 Å². The second-order valence-electron chi connectivity index (χ2n) is 4.28. The number of hydrogen-bond donors (Lipinski definition) is 0. The van der Waals surface area contributed by atoms with Crippen molar-refractivity contribution in [2.45, 2.75) is 44.4 Å². The summed E-state index contributed by atoms with van der Waals surface area (Å²) >= 11 is 0. The molecule has 0 aromatic heterocycles. The highest BCUT2D eigenvalue weighted by Crippen LogP contribution is 2.33. The molecule has 15 heavy (non-hydrogen) atoms. The quantitative estimate of drug-likeness (QED) is 0.663. The lowest BCUT2D eigenvalue weighted by Crippen LogP contribution is -2.20. The van der Waals surface area contributed by atoms with E-state index in [2.05, 4.69) is 6.58 Å². The van der Waals surface area contributed by atoms with Crippen molar-refractivity contribution in [1.29, 1.82) is 0 Å². The molecule has 1 saturated carbocycles. The molecule has 0 amide bonds. The van der Waals surface area contributed by atoms with Gasteiger partial charge in [0.1, 0.15) is 11.9 Å². The third-order valence-corrected chi connectivity index (χ3v) is 3.14. The fourth-order valence-electron chi connectivity index (χ4n) is 2.22. The molecule has 3 nitrogen and oxygen atoms in total. The molecule has 0 N–H and O–H groups in total. The van der Waals surface area contributed by atoms with E-state index in [1.165, 1.54) is 0 Å². The van der Waals surface area contributed by atoms with Crippen molar-refractivity contribution in [1.82, 2.24) is 0 Å². The Morgan fingerprint density at radius 3 is 2.53 bits per heavy atom. The highest BCUT2D eigenvalue weighted by Gasteiger charge is 2.33. The first-order valence-electron chi connectivity index (χ1n) is 5.36. The molecule has 0 aromatic carbocycles. The average Bonchev–Trinajstić information content (AvgIpc) is 2.49. The van der Waals surface area contributed by atoms with Crippen LogP contribution in [0.3, 0.4) is 0 Å². The smallest absolute Gasteiger partial charge is 0.422 e. The van der Waals surface area contributed by atoms with E-state index in [0.29, 0.717) is 24.5 Å². The Morgan fingerprint density at radius 1 is 1.33 bits per heavy atom. The van der Waals surface area contributed by atoms with Crippen LogP contribution in [-0.4, -0.2) is 18.4 Å². The zero-order valence-electron chi connectivity index (χ0n) is 8.58. The van der Waals surface area contributed by atoms with Gasteiger partial charge >= 0.3 is 6.16 Å². The maximum Gasteiger partial charge on any atom is 0.514 e. The second-order valence-corrected chi connectivity index (χ2v) is 4.28. The number of hydrogen-bond acceptors (Lipinski definition) is 3. The minimum Gasteiger partial charge on any atom is -0.422 e. The molecule has 1 atom stereocenters. The van der Waals surface area contributed by atoms with Gasteiger partial charge < -0.3 is 9.47 Å². The van der Waals surface area contributed by atoms with E-state index in [4.69, 9.17) is 9.47 Å². The van der Waals surface area contributed by atoms with E-state index in [9.17, 15) is 9.18 Å². The van der Waals surface area contributed by atoms with Crippen molar-refractivity contribution in [2.24, 2.45) is 5.92 Å². The van der Waals surface area contributed by atoms with Crippen LogP contribution in [0.4, 0.5) is 9.18 Å². The van der Waals surface area contributed by atoms with E-state index in [1.807, 2.05) is 0 Å². The maximum absolute atomic E-state index is 12.9. The number of carbonyl (C=O) groups is 1. The van der Waals surface area contributed by atoms with Gasteiger partial charge in [0.15, 0.2) is 6.10 Å². The van der Waals surface area contributed by atoms with E-state index in [0.717, 1.165) is 19.3 Å². The van der Waals surface area contributed by atoms with Gasteiger partial charge in [-0.25, -0.2) is 9.18 Å². The molecular formula is C11H15FO3. The molecule has 0 bridgehead atoms. The molecule has 0 spiro atoms. The van der Waals surface area contributed by atoms with Gasteiger partial charge in [-0.1, -0.05) is 6.58 Å². The summed E-state index contributed by atoms with van der Waals surface area (Å²) in [5.41, 5.74) is 0. The van der Waals surface area contributed by atoms with Crippen molar-refractivity contribution < 1.29 is 18.7 Å². The zero-order chi connectivity index (χ0) is 10.8. The summed E-state index contributed by atoms with van der Waals surface area (Å²) in [7, 11) is 0. The minimum absolute atomic E-state index is 0.321. The van der Waals surface area contributed by atoms with Crippen molar-refractivity contribution in [3.8, 4) is 0 Å². The van der Waals surface area contributed by atoms with Crippen LogP contribution in [0.15, 0.2) is 12.3 Å². The minimum atomic E-state index is -0.663. The predicted molar refractivity (Wildman–Crippen MR) is 52.0 cm³/mol. The van der Waals surface area contributed by atoms with Crippen molar-refractivity contribution in [3.05, 3.63) is 12.3 Å². The van der Waals surface area contributed by atoms with E-state index < -0.39 is 12.3 Å². The highest BCUT2D eigenvalue weighted by molar-refractivity contribution is 5.64. The van der Waals surface area contributed by atoms with Crippen LogP contribution in [0.2, 0.25) is 0 Å². The molecule has 84 valence electrons. The molecule has 1 unspecified atom stereocenters. The molecule has 4 heteroatoms. The Balaban J connectivity index is 1.82. The van der Waals surface area contributed by atoms with E-state index in [-0.39, 0.29) is 6.10 Å². The van der Waals surface area contributed by atoms with Crippen LogP contribution < -0.4 is 0 Å². The summed E-state index contributed by atoms with van der Waals surface area (Å²) in [6.45, 7) is 3.62. The first-order valence-corrected chi connectivity index (χ1v) is 5.36. The predicted octanol–water partition coefficient (Wildman–Crippen LogP) is 2.95. The normalized spacial score (nSPS) is 36.2. The Kier molecular flexibility index (Phi) is 2.93. The Morgan fingerprint density at radius 2 is 2.00 bits per heavy atom. The summed E-state index contributed by atoms with van der Waals surface area (Å²) in [5, 5.41) is 0. The average molecular weight is 214 g/mol. The van der Waals surface area contributed by atoms with Crippen LogP contribution in [-0.2, 0) is 9.47 Å². The van der Waals surface area contributed by atoms with E-state index in [1.54, 1.807) is 0 Å². The monoisotopic (exact) mass is 214 g/mol. The van der Waals surface area contributed by atoms with E-state index >= 15 is 0 Å². The van der Waals surface area contributed by atoms with Crippen molar-refractivity contribution >= 4 is 6.16 Å². The highest BCUT2D eigenvalue weighted by atomic mass is 19.1. The first-order chi connectivity index (χ1) is 7.15. The Hall–Kier alpha value is -1.06. The molecule has 2 rings (SSSR count). The number of halogens is 1. The number of alkyl halides is 1. The van der Waals surface area contributed by atoms with Crippen LogP contribution in [0.5, 0.6) is 0 Å².